The van der Waals surface area contributed by atoms with Gasteiger partial charge in [0.15, 0.2) is 0 Å². The molecule has 6 heteroatoms. The third-order valence-corrected chi connectivity index (χ3v) is 5.37. The third kappa shape index (κ3) is 4.39. The zero-order valence-electron chi connectivity index (χ0n) is 16.6. The number of fused-ring (bicyclic) bond motifs is 1. The van der Waals surface area contributed by atoms with Gasteiger partial charge in [0, 0.05) is 44.3 Å². The normalized spacial score (nSPS) is 19.5. The second-order valence-corrected chi connectivity index (χ2v) is 7.68. The quantitative estimate of drug-likeness (QED) is 0.685. The second-order valence-electron chi connectivity index (χ2n) is 7.68. The van der Waals surface area contributed by atoms with Crippen LogP contribution in [0.2, 0.25) is 0 Å². The molecule has 0 unspecified atom stereocenters. The largest absolute Gasteiger partial charge is 0.362 e. The maximum atomic E-state index is 4.77. The number of benzene rings is 1. The molecule has 146 valence electrons. The van der Waals surface area contributed by atoms with Gasteiger partial charge in [-0.1, -0.05) is 18.2 Å². The molecule has 0 atom stereocenters. The lowest BCUT2D eigenvalue weighted by atomic mass is 9.91. The Balaban J connectivity index is 1.36. The summed E-state index contributed by atoms with van der Waals surface area (Å²) >= 11 is 0. The molecule has 0 amide bonds. The Morgan fingerprint density at radius 2 is 1.68 bits per heavy atom. The fraction of sp³-hybridized carbons (Fsp3) is 0.409. The first-order valence-electron chi connectivity index (χ1n) is 10.0. The molecule has 6 nitrogen and oxygen atoms in total. The van der Waals surface area contributed by atoms with Crippen LogP contribution in [0.3, 0.4) is 0 Å². The monoisotopic (exact) mass is 376 g/mol. The predicted molar refractivity (Wildman–Crippen MR) is 115 cm³/mol. The highest BCUT2D eigenvalue weighted by atomic mass is 15.2. The van der Waals surface area contributed by atoms with Crippen LogP contribution in [0.1, 0.15) is 31.4 Å². The number of nitrogens with zero attached hydrogens (tertiary/aromatic N) is 4. The highest BCUT2D eigenvalue weighted by Gasteiger charge is 2.22. The summed E-state index contributed by atoms with van der Waals surface area (Å²) in [5, 5.41) is 8.30. The molecule has 3 aromatic rings. The SMILES string of the molecule is CN(C)c1nc(NC2CCC(NCc3ccccn3)CC2)nc2ccccc12. The molecule has 2 aromatic heterocycles. The van der Waals surface area contributed by atoms with Gasteiger partial charge < -0.3 is 15.5 Å². The van der Waals surface area contributed by atoms with Crippen molar-refractivity contribution in [2.75, 3.05) is 24.3 Å². The number of hydrogen-bond acceptors (Lipinski definition) is 6. The Hall–Kier alpha value is -2.73. The van der Waals surface area contributed by atoms with Gasteiger partial charge in [0.25, 0.3) is 0 Å². The van der Waals surface area contributed by atoms with E-state index in [9.17, 15) is 0 Å². The summed E-state index contributed by atoms with van der Waals surface area (Å²) in [6.07, 6.45) is 6.39. The Morgan fingerprint density at radius 3 is 2.43 bits per heavy atom. The van der Waals surface area contributed by atoms with Gasteiger partial charge in [-0.25, -0.2) is 4.98 Å². The highest BCUT2D eigenvalue weighted by Crippen LogP contribution is 2.26. The molecule has 2 N–H and O–H groups in total. The van der Waals surface area contributed by atoms with Crippen LogP contribution in [0.4, 0.5) is 11.8 Å². The van der Waals surface area contributed by atoms with Gasteiger partial charge in [-0.05, 0) is 49.9 Å². The number of hydrogen-bond donors (Lipinski definition) is 2. The van der Waals surface area contributed by atoms with Gasteiger partial charge in [0.2, 0.25) is 5.95 Å². The van der Waals surface area contributed by atoms with Gasteiger partial charge >= 0.3 is 0 Å². The lowest BCUT2D eigenvalue weighted by Crippen LogP contribution is -2.37. The highest BCUT2D eigenvalue weighted by molar-refractivity contribution is 5.90. The minimum Gasteiger partial charge on any atom is -0.362 e. The number of aromatic nitrogens is 3. The van der Waals surface area contributed by atoms with Crippen molar-refractivity contribution < 1.29 is 0 Å². The molecule has 0 saturated heterocycles. The van der Waals surface area contributed by atoms with E-state index in [0.29, 0.717) is 12.1 Å². The molecule has 1 aliphatic rings. The average molecular weight is 377 g/mol. The fourth-order valence-corrected chi connectivity index (χ4v) is 3.84. The maximum absolute atomic E-state index is 4.77. The van der Waals surface area contributed by atoms with Crippen LogP contribution >= 0.6 is 0 Å². The first kappa shape index (κ1) is 18.6. The summed E-state index contributed by atoms with van der Waals surface area (Å²) in [5.74, 6) is 1.69. The molecular formula is C22H28N6. The van der Waals surface area contributed by atoms with Crippen LogP contribution in [-0.4, -0.2) is 41.1 Å². The summed E-state index contributed by atoms with van der Waals surface area (Å²) in [6.45, 7) is 0.837. The molecule has 2 heterocycles. The molecule has 0 aliphatic heterocycles. The molecule has 1 saturated carbocycles. The minimum atomic E-state index is 0.420. The van der Waals surface area contributed by atoms with Crippen molar-refractivity contribution in [3.05, 3.63) is 54.4 Å². The van der Waals surface area contributed by atoms with E-state index in [2.05, 4.69) is 27.8 Å². The summed E-state index contributed by atoms with van der Waals surface area (Å²) in [5.41, 5.74) is 2.08. The third-order valence-electron chi connectivity index (χ3n) is 5.37. The van der Waals surface area contributed by atoms with E-state index < -0.39 is 0 Å². The van der Waals surface area contributed by atoms with Crippen molar-refractivity contribution in [1.82, 2.24) is 20.3 Å². The molecule has 0 spiro atoms. The maximum Gasteiger partial charge on any atom is 0.225 e. The number of nitrogens with one attached hydrogen (secondary N) is 2. The lowest BCUT2D eigenvalue weighted by Gasteiger charge is -2.30. The van der Waals surface area contributed by atoms with E-state index in [1.807, 2.05) is 55.5 Å². The first-order chi connectivity index (χ1) is 13.7. The van der Waals surface area contributed by atoms with Gasteiger partial charge in [-0.2, -0.15) is 4.98 Å². The Bertz CT molecular complexity index is 903. The summed E-state index contributed by atoms with van der Waals surface area (Å²) in [6, 6.07) is 15.2. The van der Waals surface area contributed by atoms with Crippen LogP contribution in [0, 0.1) is 0 Å². The molecule has 0 radical (unpaired) electrons. The Morgan fingerprint density at radius 1 is 0.929 bits per heavy atom. The number of anilines is 2. The van der Waals surface area contributed by atoms with Crippen molar-refractivity contribution in [2.45, 2.75) is 44.3 Å². The lowest BCUT2D eigenvalue weighted by molar-refractivity contribution is 0.351. The van der Waals surface area contributed by atoms with Crippen LogP contribution < -0.4 is 15.5 Å². The topological polar surface area (TPSA) is 66.0 Å². The van der Waals surface area contributed by atoms with Crippen LogP contribution in [0.5, 0.6) is 0 Å². The van der Waals surface area contributed by atoms with Crippen molar-refractivity contribution >= 4 is 22.7 Å². The van der Waals surface area contributed by atoms with Crippen LogP contribution in [0.25, 0.3) is 10.9 Å². The summed E-state index contributed by atoms with van der Waals surface area (Å²) in [7, 11) is 4.05. The van der Waals surface area contributed by atoms with Gasteiger partial charge in [0.1, 0.15) is 5.82 Å². The fourth-order valence-electron chi connectivity index (χ4n) is 3.84. The van der Waals surface area contributed by atoms with Gasteiger partial charge in [-0.3, -0.25) is 4.98 Å². The summed E-state index contributed by atoms with van der Waals surface area (Å²) < 4.78 is 0. The van der Waals surface area contributed by atoms with Gasteiger partial charge in [0.05, 0.1) is 11.2 Å². The molecule has 1 aromatic carbocycles. The first-order valence-corrected chi connectivity index (χ1v) is 10.0. The van der Waals surface area contributed by atoms with E-state index in [-0.39, 0.29) is 0 Å². The smallest absolute Gasteiger partial charge is 0.225 e. The van der Waals surface area contributed by atoms with Crippen molar-refractivity contribution in [1.29, 1.82) is 0 Å². The standard InChI is InChI=1S/C22H28N6/c1-28(2)21-19-8-3-4-9-20(19)26-22(27-21)25-17-12-10-16(11-13-17)24-15-18-7-5-6-14-23-18/h3-9,14,16-17,24H,10-13,15H2,1-2H3,(H,25,26,27). The average Bonchev–Trinajstić information content (AvgIpc) is 2.73. The van der Waals surface area contributed by atoms with Crippen molar-refractivity contribution in [3.63, 3.8) is 0 Å². The summed E-state index contributed by atoms with van der Waals surface area (Å²) in [4.78, 5) is 15.9. The van der Waals surface area contributed by atoms with Crippen molar-refractivity contribution in [3.8, 4) is 0 Å². The zero-order chi connectivity index (χ0) is 19.3. The number of rotatable bonds is 6. The molecule has 0 bridgehead atoms. The van der Waals surface area contributed by atoms with Crippen molar-refractivity contribution in [2.24, 2.45) is 0 Å². The van der Waals surface area contributed by atoms with E-state index in [0.717, 1.165) is 60.6 Å². The second kappa shape index (κ2) is 8.52. The molecular weight excluding hydrogens is 348 g/mol. The van der Waals surface area contributed by atoms with E-state index in [1.54, 1.807) is 0 Å². The predicted octanol–water partition coefficient (Wildman–Crippen LogP) is 3.60. The van der Waals surface area contributed by atoms with Gasteiger partial charge in [-0.15, -0.1) is 0 Å². The Kier molecular flexibility index (Phi) is 5.67. The number of para-hydroxylation sites is 1. The molecule has 28 heavy (non-hydrogen) atoms. The molecule has 4 rings (SSSR count). The van der Waals surface area contributed by atoms with Crippen LogP contribution in [0.15, 0.2) is 48.7 Å². The van der Waals surface area contributed by atoms with Crippen LogP contribution in [-0.2, 0) is 6.54 Å². The zero-order valence-corrected chi connectivity index (χ0v) is 16.6. The molecule has 1 fully saturated rings. The number of pyridine rings is 1. The minimum absolute atomic E-state index is 0.420. The van der Waals surface area contributed by atoms with E-state index >= 15 is 0 Å². The van der Waals surface area contributed by atoms with E-state index in [4.69, 9.17) is 9.97 Å². The Labute approximate surface area is 166 Å². The van der Waals surface area contributed by atoms with E-state index in [1.165, 1.54) is 0 Å². The molecule has 1 aliphatic carbocycles.